The van der Waals surface area contributed by atoms with Crippen molar-refractivity contribution in [2.24, 2.45) is 5.92 Å². The summed E-state index contributed by atoms with van der Waals surface area (Å²) in [6.07, 6.45) is -7.35. The molecule has 0 bridgehead atoms. The van der Waals surface area contributed by atoms with Crippen molar-refractivity contribution in [2.45, 2.75) is 50.1 Å². The van der Waals surface area contributed by atoms with Gasteiger partial charge in [0.2, 0.25) is 5.91 Å². The summed E-state index contributed by atoms with van der Waals surface area (Å²) < 4.78 is 104. The van der Waals surface area contributed by atoms with Gasteiger partial charge in [-0.05, 0) is 61.1 Å². The van der Waals surface area contributed by atoms with E-state index >= 15 is 0 Å². The molecule has 1 aliphatic carbocycles. The molecule has 2 heterocycles. The molecule has 0 spiro atoms. The quantitative estimate of drug-likeness (QED) is 0.553. The third-order valence-electron chi connectivity index (χ3n) is 6.85. The molecule has 37 heavy (non-hydrogen) atoms. The number of rotatable bonds is 5. The van der Waals surface area contributed by atoms with Gasteiger partial charge in [-0.3, -0.25) is 9.78 Å². The summed E-state index contributed by atoms with van der Waals surface area (Å²) in [7, 11) is -2.25. The van der Waals surface area contributed by atoms with Gasteiger partial charge in [0.05, 0.1) is 34.6 Å². The molecule has 0 radical (unpaired) electrons. The fourth-order valence-corrected chi connectivity index (χ4v) is 6.41. The summed E-state index contributed by atoms with van der Waals surface area (Å²) >= 11 is 0. The fourth-order valence-electron chi connectivity index (χ4n) is 4.92. The van der Waals surface area contributed by atoms with Crippen molar-refractivity contribution in [2.75, 3.05) is 23.9 Å². The van der Waals surface area contributed by atoms with E-state index in [1.54, 1.807) is 0 Å². The van der Waals surface area contributed by atoms with E-state index in [-0.39, 0.29) is 30.4 Å². The molecule has 2 atom stereocenters. The molecule has 4 rings (SSSR count). The Labute approximate surface area is 210 Å². The molecule has 2 aromatic rings. The first-order valence-corrected chi connectivity index (χ1v) is 13.4. The van der Waals surface area contributed by atoms with E-state index in [1.165, 1.54) is 18.3 Å². The second-order valence-corrected chi connectivity index (χ2v) is 11.8. The van der Waals surface area contributed by atoms with Crippen LogP contribution in [-0.4, -0.2) is 55.0 Å². The Morgan fingerprint density at radius 3 is 2.24 bits per heavy atom. The van der Waals surface area contributed by atoms with Gasteiger partial charge < -0.3 is 10.2 Å². The Balaban J connectivity index is 1.45. The maximum Gasteiger partial charge on any atom is 0.416 e. The van der Waals surface area contributed by atoms with Gasteiger partial charge in [-0.25, -0.2) is 8.42 Å². The number of alkyl halides is 6. The lowest BCUT2D eigenvalue weighted by atomic mass is 9.99. The number of fused-ring (bicyclic) bond motifs is 1. The molecule has 1 aromatic carbocycles. The number of aromatic nitrogens is 1. The highest BCUT2D eigenvalue weighted by Crippen LogP contribution is 2.38. The maximum atomic E-state index is 14.0. The first-order chi connectivity index (χ1) is 17.1. The molecule has 13 heteroatoms. The van der Waals surface area contributed by atoms with Crippen LogP contribution >= 0.6 is 0 Å². The number of pyridine rings is 1. The lowest BCUT2D eigenvalue weighted by Gasteiger charge is -2.33. The number of nitrogens with one attached hydrogen (secondary N) is 1. The number of amides is 1. The third-order valence-corrected chi connectivity index (χ3v) is 8.57. The number of carbonyl (C=O) groups excluding carboxylic acids is 1. The van der Waals surface area contributed by atoms with Crippen LogP contribution in [0.25, 0.3) is 0 Å². The van der Waals surface area contributed by atoms with Gasteiger partial charge >= 0.3 is 12.4 Å². The zero-order valence-corrected chi connectivity index (χ0v) is 20.6. The lowest BCUT2D eigenvalue weighted by molar-refractivity contribution is -0.191. The van der Waals surface area contributed by atoms with Crippen molar-refractivity contribution in [3.05, 3.63) is 58.9 Å². The molecule has 1 fully saturated rings. The number of anilines is 1. The Bertz CT molecular complexity index is 1250. The standard InChI is InChI=1S/C24H25F6N3O3S/c1-33(22(34)14-6-8-37(35,36)9-7-14)21(24(28,29)30)20-5-4-18(13-31-20)32-19-11-15-2-3-17(23(25,26)27)10-16(15)12-19/h2-5,10,13-14,19,21,32H,6-9,11-12H2,1H3/t19?,21-/m0/s1. The second-order valence-electron chi connectivity index (χ2n) is 9.52. The molecule has 6 nitrogen and oxygen atoms in total. The zero-order valence-electron chi connectivity index (χ0n) is 19.7. The van der Waals surface area contributed by atoms with Gasteiger partial charge in [0.25, 0.3) is 0 Å². The van der Waals surface area contributed by atoms with Crippen LogP contribution in [0.1, 0.15) is 41.3 Å². The molecule has 1 aromatic heterocycles. The van der Waals surface area contributed by atoms with Crippen LogP contribution in [0.2, 0.25) is 0 Å². The summed E-state index contributed by atoms with van der Waals surface area (Å²) in [6, 6.07) is 3.54. The third kappa shape index (κ3) is 6.19. The van der Waals surface area contributed by atoms with Gasteiger partial charge in [0.15, 0.2) is 6.04 Å². The van der Waals surface area contributed by atoms with Crippen LogP contribution in [-0.2, 0) is 33.6 Å². The summed E-state index contributed by atoms with van der Waals surface area (Å²) in [4.78, 5) is 17.3. The van der Waals surface area contributed by atoms with Crippen molar-refractivity contribution < 1.29 is 39.6 Å². The molecule has 1 N–H and O–H groups in total. The largest absolute Gasteiger partial charge is 0.416 e. The summed E-state index contributed by atoms with van der Waals surface area (Å²) in [5.74, 6) is -2.09. The number of hydrogen-bond acceptors (Lipinski definition) is 5. The van der Waals surface area contributed by atoms with Gasteiger partial charge in [-0.15, -0.1) is 0 Å². The Kier molecular flexibility index (Phi) is 7.21. The van der Waals surface area contributed by atoms with Crippen LogP contribution in [0, 0.1) is 5.92 Å². The highest BCUT2D eigenvalue weighted by Gasteiger charge is 2.47. The van der Waals surface area contributed by atoms with Crippen LogP contribution in [0.5, 0.6) is 0 Å². The average Bonchev–Trinajstić information content (AvgIpc) is 3.20. The first kappa shape index (κ1) is 27.2. The summed E-state index contributed by atoms with van der Waals surface area (Å²) in [5, 5.41) is 3.10. The normalized spacial score (nSPS) is 20.8. The van der Waals surface area contributed by atoms with Gasteiger partial charge in [0.1, 0.15) is 9.84 Å². The zero-order chi connectivity index (χ0) is 27.2. The van der Waals surface area contributed by atoms with Crippen molar-refractivity contribution in [1.82, 2.24) is 9.88 Å². The lowest BCUT2D eigenvalue weighted by Crippen LogP contribution is -2.44. The van der Waals surface area contributed by atoms with E-state index in [2.05, 4.69) is 10.3 Å². The number of nitrogens with zero attached hydrogens (tertiary/aromatic N) is 2. The van der Waals surface area contributed by atoms with Crippen molar-refractivity contribution in [3.8, 4) is 0 Å². The van der Waals surface area contributed by atoms with E-state index in [4.69, 9.17) is 0 Å². The highest BCUT2D eigenvalue weighted by atomic mass is 32.2. The molecule has 0 saturated carbocycles. The fraction of sp³-hybridized carbons (Fsp3) is 0.500. The molecule has 2 aliphatic rings. The predicted octanol–water partition coefficient (Wildman–Crippen LogP) is 4.57. The minimum Gasteiger partial charge on any atom is -0.380 e. The number of hydrogen-bond donors (Lipinski definition) is 1. The molecule has 1 saturated heterocycles. The maximum absolute atomic E-state index is 14.0. The van der Waals surface area contributed by atoms with Crippen molar-refractivity contribution >= 4 is 21.4 Å². The monoisotopic (exact) mass is 549 g/mol. The number of carbonyl (C=O) groups is 1. The molecule has 1 amide bonds. The molecule has 1 aliphatic heterocycles. The minimum absolute atomic E-state index is 0.0272. The van der Waals surface area contributed by atoms with E-state index in [0.29, 0.717) is 29.0 Å². The minimum atomic E-state index is -4.82. The summed E-state index contributed by atoms with van der Waals surface area (Å²) in [5.41, 5.74) is 0.587. The Hall–Kier alpha value is -2.83. The van der Waals surface area contributed by atoms with E-state index in [1.807, 2.05) is 0 Å². The average molecular weight is 550 g/mol. The molecule has 1 unspecified atom stereocenters. The van der Waals surface area contributed by atoms with E-state index in [9.17, 15) is 39.6 Å². The number of sulfone groups is 1. The Morgan fingerprint density at radius 1 is 1.03 bits per heavy atom. The van der Waals surface area contributed by atoms with E-state index < -0.39 is 51.3 Å². The van der Waals surface area contributed by atoms with Crippen LogP contribution in [0.4, 0.5) is 32.0 Å². The molecular formula is C24H25F6N3O3S. The Morgan fingerprint density at radius 2 is 1.68 bits per heavy atom. The van der Waals surface area contributed by atoms with E-state index in [0.717, 1.165) is 30.8 Å². The van der Waals surface area contributed by atoms with Crippen molar-refractivity contribution in [1.29, 1.82) is 0 Å². The van der Waals surface area contributed by atoms with Gasteiger partial charge in [-0.2, -0.15) is 26.3 Å². The first-order valence-electron chi connectivity index (χ1n) is 11.6. The van der Waals surface area contributed by atoms with Crippen LogP contribution in [0.3, 0.4) is 0 Å². The number of halogens is 6. The topological polar surface area (TPSA) is 79.4 Å². The van der Waals surface area contributed by atoms with Crippen LogP contribution < -0.4 is 5.32 Å². The SMILES string of the molecule is CN(C(=O)C1CCS(=O)(=O)CC1)[C@@H](c1ccc(NC2Cc3ccc(C(F)(F)F)cc3C2)cn1)C(F)(F)F. The highest BCUT2D eigenvalue weighted by molar-refractivity contribution is 7.91. The molecule has 202 valence electrons. The smallest absolute Gasteiger partial charge is 0.380 e. The van der Waals surface area contributed by atoms with Crippen molar-refractivity contribution in [3.63, 3.8) is 0 Å². The summed E-state index contributed by atoms with van der Waals surface area (Å²) in [6.45, 7) is 0. The predicted molar refractivity (Wildman–Crippen MR) is 123 cm³/mol. The van der Waals surface area contributed by atoms with Crippen LogP contribution in [0.15, 0.2) is 36.5 Å². The number of benzene rings is 1. The second kappa shape index (κ2) is 9.80. The molecular weight excluding hydrogens is 524 g/mol. The van der Waals surface area contributed by atoms with Gasteiger partial charge in [0, 0.05) is 19.0 Å². The van der Waals surface area contributed by atoms with Gasteiger partial charge in [-0.1, -0.05) is 6.07 Å².